The number of hydrogen-bond donors (Lipinski definition) is 1. The quantitative estimate of drug-likeness (QED) is 0.810. The van der Waals surface area contributed by atoms with Crippen LogP contribution in [-0.4, -0.2) is 18.8 Å². The van der Waals surface area contributed by atoms with E-state index in [4.69, 9.17) is 9.90 Å². The number of amidine groups is 1. The highest BCUT2D eigenvalue weighted by atomic mass is 35.5. The van der Waals surface area contributed by atoms with Gasteiger partial charge in [0.25, 0.3) is 0 Å². The molecular formula is C11H11ClN2O. The molecule has 1 aromatic heterocycles. The van der Waals surface area contributed by atoms with Crippen LogP contribution in [0.25, 0.3) is 11.0 Å². The minimum atomic E-state index is -2.30. The van der Waals surface area contributed by atoms with E-state index in [1.54, 1.807) is 12.1 Å². The molecule has 2 aromatic rings. The molecule has 0 radical (unpaired) electrons. The molecule has 0 fully saturated rings. The number of benzene rings is 1. The smallest absolute Gasteiger partial charge is 0.170 e. The molecule has 1 aliphatic rings. The van der Waals surface area contributed by atoms with E-state index >= 15 is 0 Å². The third-order valence-corrected chi connectivity index (χ3v) is 2.06. The molecule has 2 heterocycles. The van der Waals surface area contributed by atoms with Crippen molar-refractivity contribution >= 4 is 29.2 Å². The Morgan fingerprint density at radius 1 is 1.40 bits per heavy atom. The summed E-state index contributed by atoms with van der Waals surface area (Å²) in [7, 11) is 0. The zero-order valence-electron chi connectivity index (χ0n) is 11.7. The maximum atomic E-state index is 7.53. The second-order valence-corrected chi connectivity index (χ2v) is 2.97. The van der Waals surface area contributed by atoms with Crippen LogP contribution in [0.4, 0.5) is 0 Å². The number of aliphatic imine (C=N–C) groups is 1. The molecule has 15 heavy (non-hydrogen) atoms. The topological polar surface area (TPSA) is 37.5 Å². The van der Waals surface area contributed by atoms with Gasteiger partial charge in [-0.15, -0.1) is 12.4 Å². The fourth-order valence-corrected chi connectivity index (χ4v) is 1.41. The van der Waals surface area contributed by atoms with Crippen molar-refractivity contribution in [2.24, 2.45) is 4.99 Å². The first-order chi connectivity index (χ1) is 8.39. The average Bonchev–Trinajstić information content (AvgIpc) is 2.78. The Bertz CT molecular complexity index is 620. The normalized spacial score (nSPS) is 25.2. The summed E-state index contributed by atoms with van der Waals surface area (Å²) in [4.78, 5) is 3.71. The van der Waals surface area contributed by atoms with Gasteiger partial charge >= 0.3 is 0 Å². The number of fused-ring (bicyclic) bond motifs is 1. The van der Waals surface area contributed by atoms with Crippen molar-refractivity contribution in [1.82, 2.24) is 5.32 Å². The number of para-hydroxylation sites is 1. The fourth-order valence-electron chi connectivity index (χ4n) is 1.41. The molecule has 0 amide bonds. The van der Waals surface area contributed by atoms with E-state index in [0.29, 0.717) is 11.3 Å². The highest BCUT2D eigenvalue weighted by Crippen LogP contribution is 2.19. The van der Waals surface area contributed by atoms with Crippen molar-refractivity contribution in [2.45, 2.75) is 0 Å². The molecule has 1 aromatic carbocycles. The maximum Gasteiger partial charge on any atom is 0.170 e. The van der Waals surface area contributed by atoms with Gasteiger partial charge in [0.2, 0.25) is 0 Å². The van der Waals surface area contributed by atoms with Crippen molar-refractivity contribution in [3.63, 3.8) is 0 Å². The Morgan fingerprint density at radius 2 is 2.27 bits per heavy atom. The number of nitrogens with one attached hydrogen (secondary N) is 1. The van der Waals surface area contributed by atoms with Gasteiger partial charge < -0.3 is 9.73 Å². The molecule has 1 N–H and O–H groups in total. The highest BCUT2D eigenvalue weighted by molar-refractivity contribution is 6.00. The Kier molecular flexibility index (Phi) is 1.63. The third-order valence-electron chi connectivity index (χ3n) is 2.06. The number of halogens is 1. The average molecular weight is 227 g/mol. The summed E-state index contributed by atoms with van der Waals surface area (Å²) in [5.41, 5.74) is 0.657. The maximum absolute atomic E-state index is 7.53. The lowest BCUT2D eigenvalue weighted by Gasteiger charge is -1.94. The predicted octanol–water partition coefficient (Wildman–Crippen LogP) is 2.20. The molecule has 4 heteroatoms. The Morgan fingerprint density at radius 3 is 3.00 bits per heavy atom. The molecule has 0 spiro atoms. The zero-order chi connectivity index (χ0) is 13.0. The summed E-state index contributed by atoms with van der Waals surface area (Å²) in [6.07, 6.45) is 0. The van der Waals surface area contributed by atoms with Gasteiger partial charge in [-0.2, -0.15) is 0 Å². The molecule has 1 aliphatic heterocycles. The highest BCUT2D eigenvalue weighted by Gasteiger charge is 2.12. The van der Waals surface area contributed by atoms with Crippen LogP contribution in [0.2, 0.25) is 0 Å². The minimum absolute atomic E-state index is 0. The zero-order valence-corrected chi connectivity index (χ0v) is 8.47. The van der Waals surface area contributed by atoms with Gasteiger partial charge in [-0.25, -0.2) is 0 Å². The first-order valence-corrected chi connectivity index (χ1v) is 4.26. The van der Waals surface area contributed by atoms with E-state index in [1.807, 2.05) is 18.2 Å². The molecule has 0 saturated carbocycles. The van der Waals surface area contributed by atoms with Crippen LogP contribution in [0.3, 0.4) is 0 Å². The van der Waals surface area contributed by atoms with Crippen LogP contribution in [0.5, 0.6) is 0 Å². The molecule has 0 bridgehead atoms. The predicted molar refractivity (Wildman–Crippen MR) is 62.9 cm³/mol. The van der Waals surface area contributed by atoms with Crippen LogP contribution < -0.4 is 5.32 Å². The fraction of sp³-hybridized carbons (Fsp3) is 0.182. The molecular weight excluding hydrogens is 212 g/mol. The second kappa shape index (κ2) is 3.95. The molecule has 78 valence electrons. The molecule has 0 atom stereocenters. The monoisotopic (exact) mass is 226 g/mol. The summed E-state index contributed by atoms with van der Waals surface area (Å²) >= 11 is 0. The lowest BCUT2D eigenvalue weighted by Crippen LogP contribution is -2.18. The van der Waals surface area contributed by atoms with E-state index in [0.717, 1.165) is 5.39 Å². The van der Waals surface area contributed by atoms with E-state index in [2.05, 4.69) is 10.3 Å². The molecule has 3 nitrogen and oxygen atoms in total. The summed E-state index contributed by atoms with van der Waals surface area (Å²) < 4.78 is 35.6. The van der Waals surface area contributed by atoms with E-state index in [9.17, 15) is 0 Å². The van der Waals surface area contributed by atoms with Crippen LogP contribution in [0, 0.1) is 0 Å². The van der Waals surface area contributed by atoms with Crippen LogP contribution in [-0.2, 0) is 0 Å². The molecule has 0 saturated heterocycles. The van der Waals surface area contributed by atoms with Crippen LogP contribution in [0.1, 0.15) is 11.2 Å². The van der Waals surface area contributed by atoms with Gasteiger partial charge in [0.1, 0.15) is 5.58 Å². The Labute approximate surface area is 99.2 Å². The van der Waals surface area contributed by atoms with Crippen molar-refractivity contribution in [2.75, 3.05) is 13.0 Å². The second-order valence-electron chi connectivity index (χ2n) is 2.97. The molecule has 0 unspecified atom stereocenters. The molecule has 0 aliphatic carbocycles. The number of nitrogens with zero attached hydrogens (tertiary/aromatic N) is 1. The summed E-state index contributed by atoms with van der Waals surface area (Å²) in [6, 6.07) is 9.06. The van der Waals surface area contributed by atoms with Crippen molar-refractivity contribution < 1.29 is 9.90 Å². The van der Waals surface area contributed by atoms with Gasteiger partial charge in [0.05, 0.1) is 12.0 Å². The van der Waals surface area contributed by atoms with Gasteiger partial charge in [-0.05, 0) is 12.1 Å². The van der Waals surface area contributed by atoms with Gasteiger partial charge in [0.15, 0.2) is 11.6 Å². The van der Waals surface area contributed by atoms with Crippen molar-refractivity contribution in [3.8, 4) is 0 Å². The minimum Gasteiger partial charge on any atom is -0.453 e. The Balaban J connectivity index is 0.00000133. The van der Waals surface area contributed by atoms with Crippen LogP contribution in [0.15, 0.2) is 39.7 Å². The first-order valence-electron chi connectivity index (χ1n) is 6.26. The summed E-state index contributed by atoms with van der Waals surface area (Å²) in [5, 5.41) is 3.28. The summed E-state index contributed by atoms with van der Waals surface area (Å²) in [5.74, 6) is 0.433. The number of furan rings is 1. The van der Waals surface area contributed by atoms with Crippen LogP contribution >= 0.6 is 12.4 Å². The van der Waals surface area contributed by atoms with Gasteiger partial charge in [-0.3, -0.25) is 4.99 Å². The van der Waals surface area contributed by atoms with Gasteiger partial charge in [0, 0.05) is 11.9 Å². The lowest BCUT2D eigenvalue weighted by molar-refractivity contribution is 0.602. The van der Waals surface area contributed by atoms with Crippen molar-refractivity contribution in [1.29, 1.82) is 0 Å². The SMILES string of the molecule is Cl.[2H]C1([2H])N=C(c2cc3ccccc3o2)NC1([2H])[2H]. The first kappa shape index (κ1) is 6.18. The Hall–Kier alpha value is -1.48. The van der Waals surface area contributed by atoms with E-state index in [1.165, 1.54) is 0 Å². The summed E-state index contributed by atoms with van der Waals surface area (Å²) in [6.45, 7) is -4.54. The van der Waals surface area contributed by atoms with E-state index in [-0.39, 0.29) is 18.2 Å². The number of hydrogen-bond acceptors (Lipinski definition) is 3. The van der Waals surface area contributed by atoms with Crippen molar-refractivity contribution in [3.05, 3.63) is 36.1 Å². The van der Waals surface area contributed by atoms with Gasteiger partial charge in [-0.1, -0.05) is 18.2 Å². The standard InChI is InChI=1S/C11H10N2O.ClH/c1-2-4-9-8(3-1)7-10(14-9)11-12-5-6-13-11;/h1-4,7H,5-6H2,(H,12,13);1H/i5D2,6D2;. The number of rotatable bonds is 1. The third kappa shape index (κ3) is 1.70. The largest absolute Gasteiger partial charge is 0.453 e. The molecule has 3 rings (SSSR count). The lowest BCUT2D eigenvalue weighted by atomic mass is 10.2. The van der Waals surface area contributed by atoms with E-state index < -0.39 is 13.0 Å².